The number of rotatable bonds is 16. The first-order chi connectivity index (χ1) is 18.7. The molecular weight excluding hydrogens is 474 g/mol. The Morgan fingerprint density at radius 2 is 1.66 bits per heavy atom. The maximum absolute atomic E-state index is 12.1. The molecule has 0 aliphatic carbocycles. The average molecular weight is 514 g/mol. The fraction of sp³-hybridized carbons (Fsp3) is 0.375. The Kier molecular flexibility index (Phi) is 10.6. The summed E-state index contributed by atoms with van der Waals surface area (Å²) in [5.41, 5.74) is 3.46. The van der Waals surface area contributed by atoms with Gasteiger partial charge in [0.2, 0.25) is 5.91 Å². The maximum atomic E-state index is 12.1. The third kappa shape index (κ3) is 8.37. The number of para-hydroxylation sites is 2. The molecule has 1 aromatic heterocycles. The summed E-state index contributed by atoms with van der Waals surface area (Å²) in [5.74, 6) is 2.92. The number of amides is 1. The number of imidazole rings is 1. The summed E-state index contributed by atoms with van der Waals surface area (Å²) in [7, 11) is 1.66. The van der Waals surface area contributed by atoms with Crippen molar-refractivity contribution in [2.24, 2.45) is 0 Å². The second-order valence-corrected chi connectivity index (χ2v) is 9.55. The number of unbranched alkanes of at least 4 members (excludes halogenated alkanes) is 3. The van der Waals surface area contributed by atoms with E-state index in [1.807, 2.05) is 48.5 Å². The number of benzene rings is 3. The van der Waals surface area contributed by atoms with Gasteiger partial charge in [0, 0.05) is 32.0 Å². The van der Waals surface area contributed by atoms with E-state index in [1.165, 1.54) is 11.1 Å². The van der Waals surface area contributed by atoms with Crippen molar-refractivity contribution in [2.45, 2.75) is 57.9 Å². The van der Waals surface area contributed by atoms with Crippen molar-refractivity contribution in [3.63, 3.8) is 0 Å². The molecule has 0 saturated carbocycles. The maximum Gasteiger partial charge on any atom is 0.220 e. The number of aryl methyl sites for hydroxylation is 3. The molecule has 0 aliphatic heterocycles. The van der Waals surface area contributed by atoms with Gasteiger partial charge in [-0.1, -0.05) is 55.0 Å². The molecule has 0 unspecified atom stereocenters. The first-order valence-electron chi connectivity index (χ1n) is 13.7. The van der Waals surface area contributed by atoms with E-state index in [9.17, 15) is 4.79 Å². The van der Waals surface area contributed by atoms with Gasteiger partial charge in [0.1, 0.15) is 17.3 Å². The molecule has 0 spiro atoms. The first kappa shape index (κ1) is 27.2. The molecule has 3 aromatic carbocycles. The number of nitrogens with zero attached hydrogens (tertiary/aromatic N) is 2. The van der Waals surface area contributed by atoms with Crippen LogP contribution in [0.2, 0.25) is 0 Å². The van der Waals surface area contributed by atoms with Crippen molar-refractivity contribution in [3.8, 4) is 11.5 Å². The topological polar surface area (TPSA) is 65.4 Å². The Hall–Kier alpha value is -3.80. The Bertz CT molecular complexity index is 1270. The van der Waals surface area contributed by atoms with E-state index in [-0.39, 0.29) is 5.91 Å². The van der Waals surface area contributed by atoms with Crippen molar-refractivity contribution in [1.82, 2.24) is 14.9 Å². The van der Waals surface area contributed by atoms with E-state index in [0.29, 0.717) is 13.0 Å². The highest BCUT2D eigenvalue weighted by atomic mass is 16.5. The van der Waals surface area contributed by atoms with Crippen LogP contribution in [-0.2, 0) is 24.2 Å². The summed E-state index contributed by atoms with van der Waals surface area (Å²) in [4.78, 5) is 17.1. The monoisotopic (exact) mass is 513 g/mol. The molecule has 0 atom stereocenters. The van der Waals surface area contributed by atoms with Gasteiger partial charge < -0.3 is 19.4 Å². The number of hydrogen-bond donors (Lipinski definition) is 1. The van der Waals surface area contributed by atoms with Crippen LogP contribution >= 0.6 is 0 Å². The Morgan fingerprint density at radius 1 is 0.842 bits per heavy atom. The standard InChI is InChI=1S/C32H39N3O3/c1-37-27-15-12-16-28(25-27)38-24-11-10-23-35-30-18-8-7-17-29(30)34-31(35)19-6-3-9-22-33-32(36)21-20-26-13-4-2-5-14-26/h2,4-5,7-8,12-18,25H,3,6,9-11,19-24H2,1H3,(H,33,36). The second-order valence-electron chi connectivity index (χ2n) is 9.55. The number of ether oxygens (including phenoxy) is 2. The molecule has 4 aromatic rings. The van der Waals surface area contributed by atoms with Crippen LogP contribution in [0.15, 0.2) is 78.9 Å². The van der Waals surface area contributed by atoms with Gasteiger partial charge in [0.05, 0.1) is 24.8 Å². The first-order valence-corrected chi connectivity index (χ1v) is 13.7. The Morgan fingerprint density at radius 3 is 2.53 bits per heavy atom. The minimum absolute atomic E-state index is 0.131. The molecule has 0 aliphatic rings. The largest absolute Gasteiger partial charge is 0.497 e. The van der Waals surface area contributed by atoms with E-state index < -0.39 is 0 Å². The van der Waals surface area contributed by atoms with E-state index in [2.05, 4.69) is 40.2 Å². The zero-order valence-corrected chi connectivity index (χ0v) is 22.4. The third-order valence-corrected chi connectivity index (χ3v) is 6.70. The molecule has 1 heterocycles. The van der Waals surface area contributed by atoms with Crippen molar-refractivity contribution in [3.05, 3.63) is 90.3 Å². The highest BCUT2D eigenvalue weighted by Crippen LogP contribution is 2.21. The van der Waals surface area contributed by atoms with Crippen LogP contribution in [0.4, 0.5) is 0 Å². The lowest BCUT2D eigenvalue weighted by molar-refractivity contribution is -0.121. The number of aromatic nitrogens is 2. The van der Waals surface area contributed by atoms with Crippen LogP contribution in [0.5, 0.6) is 11.5 Å². The lowest BCUT2D eigenvalue weighted by Crippen LogP contribution is -2.24. The summed E-state index contributed by atoms with van der Waals surface area (Å²) in [6, 6.07) is 26.3. The summed E-state index contributed by atoms with van der Waals surface area (Å²) in [5, 5.41) is 3.06. The van der Waals surface area contributed by atoms with Crippen LogP contribution in [0.3, 0.4) is 0 Å². The molecule has 6 nitrogen and oxygen atoms in total. The number of nitrogens with one attached hydrogen (secondary N) is 1. The Labute approximate surface area is 226 Å². The van der Waals surface area contributed by atoms with Gasteiger partial charge >= 0.3 is 0 Å². The van der Waals surface area contributed by atoms with Crippen molar-refractivity contribution in [1.29, 1.82) is 0 Å². The molecule has 200 valence electrons. The normalized spacial score (nSPS) is 11.0. The van der Waals surface area contributed by atoms with Crippen LogP contribution < -0.4 is 14.8 Å². The van der Waals surface area contributed by atoms with E-state index in [4.69, 9.17) is 14.5 Å². The fourth-order valence-corrected chi connectivity index (χ4v) is 4.62. The second kappa shape index (κ2) is 14.8. The van der Waals surface area contributed by atoms with Crippen LogP contribution in [0.1, 0.15) is 49.9 Å². The molecule has 1 N–H and O–H groups in total. The minimum Gasteiger partial charge on any atom is -0.497 e. The number of fused-ring (bicyclic) bond motifs is 1. The van der Waals surface area contributed by atoms with Gasteiger partial charge in [-0.2, -0.15) is 0 Å². The summed E-state index contributed by atoms with van der Waals surface area (Å²) in [6.07, 6.45) is 7.36. The van der Waals surface area contributed by atoms with Gasteiger partial charge in [-0.05, 0) is 61.9 Å². The zero-order chi connectivity index (χ0) is 26.4. The molecule has 1 amide bonds. The van der Waals surface area contributed by atoms with E-state index >= 15 is 0 Å². The van der Waals surface area contributed by atoms with Gasteiger partial charge in [-0.3, -0.25) is 4.79 Å². The molecule has 0 fully saturated rings. The third-order valence-electron chi connectivity index (χ3n) is 6.70. The Balaban J connectivity index is 1.17. The predicted octanol–water partition coefficient (Wildman–Crippen LogP) is 6.37. The molecular formula is C32H39N3O3. The molecule has 0 bridgehead atoms. The van der Waals surface area contributed by atoms with Gasteiger partial charge in [0.25, 0.3) is 0 Å². The number of methoxy groups -OCH3 is 1. The SMILES string of the molecule is COc1cccc(OCCCCn2c(CCCCCNC(=O)CCc3ccccc3)nc3ccccc32)c1. The average Bonchev–Trinajstić information content (AvgIpc) is 3.31. The minimum atomic E-state index is 0.131. The van der Waals surface area contributed by atoms with Crippen molar-refractivity contribution < 1.29 is 14.3 Å². The quantitative estimate of drug-likeness (QED) is 0.177. The molecule has 38 heavy (non-hydrogen) atoms. The van der Waals surface area contributed by atoms with Gasteiger partial charge in [0.15, 0.2) is 0 Å². The number of hydrogen-bond acceptors (Lipinski definition) is 4. The molecule has 4 rings (SSSR count). The van der Waals surface area contributed by atoms with Crippen molar-refractivity contribution in [2.75, 3.05) is 20.3 Å². The van der Waals surface area contributed by atoms with Crippen LogP contribution in [-0.4, -0.2) is 35.7 Å². The molecule has 0 saturated heterocycles. The highest BCUT2D eigenvalue weighted by molar-refractivity contribution is 5.76. The van der Waals surface area contributed by atoms with E-state index in [1.54, 1.807) is 7.11 Å². The lowest BCUT2D eigenvalue weighted by atomic mass is 10.1. The summed E-state index contributed by atoms with van der Waals surface area (Å²) in [6.45, 7) is 2.33. The van der Waals surface area contributed by atoms with E-state index in [0.717, 1.165) is 80.9 Å². The van der Waals surface area contributed by atoms with Crippen molar-refractivity contribution >= 4 is 16.9 Å². The molecule has 6 heteroatoms. The van der Waals surface area contributed by atoms with Crippen LogP contribution in [0, 0.1) is 0 Å². The summed E-state index contributed by atoms with van der Waals surface area (Å²) < 4.78 is 13.5. The fourth-order valence-electron chi connectivity index (χ4n) is 4.62. The number of carbonyl (C=O) groups is 1. The molecule has 0 radical (unpaired) electrons. The number of carbonyl (C=O) groups excluding carboxylic acids is 1. The smallest absolute Gasteiger partial charge is 0.220 e. The van der Waals surface area contributed by atoms with Crippen LogP contribution in [0.25, 0.3) is 11.0 Å². The van der Waals surface area contributed by atoms with Gasteiger partial charge in [-0.15, -0.1) is 0 Å². The highest BCUT2D eigenvalue weighted by Gasteiger charge is 2.10. The predicted molar refractivity (Wildman–Crippen MR) is 153 cm³/mol. The van der Waals surface area contributed by atoms with Gasteiger partial charge in [-0.25, -0.2) is 4.98 Å². The summed E-state index contributed by atoms with van der Waals surface area (Å²) >= 11 is 0. The lowest BCUT2D eigenvalue weighted by Gasteiger charge is -2.11. The zero-order valence-electron chi connectivity index (χ0n) is 22.4.